The van der Waals surface area contributed by atoms with Gasteiger partial charge in [0.15, 0.2) is 0 Å². The summed E-state index contributed by atoms with van der Waals surface area (Å²) in [7, 11) is 1.42. The second kappa shape index (κ2) is 9.36. The smallest absolute Gasteiger partial charge is 0.300 e. The fourth-order valence-corrected chi connectivity index (χ4v) is 4.08. The maximum atomic E-state index is 13.3. The van der Waals surface area contributed by atoms with Crippen molar-refractivity contribution in [1.29, 1.82) is 0 Å². The van der Waals surface area contributed by atoms with Gasteiger partial charge in [0.1, 0.15) is 11.5 Å². The first kappa shape index (κ1) is 23.0. The summed E-state index contributed by atoms with van der Waals surface area (Å²) in [6.45, 7) is 1.37. The highest BCUT2D eigenvalue weighted by Crippen LogP contribution is 2.43. The third kappa shape index (κ3) is 4.23. The molecule has 2 amide bonds. The lowest BCUT2D eigenvalue weighted by Crippen LogP contribution is -2.29. The molecule has 0 bridgehead atoms. The van der Waals surface area contributed by atoms with Crippen LogP contribution in [-0.2, 0) is 14.4 Å². The third-order valence-corrected chi connectivity index (χ3v) is 5.56. The molecule has 1 aliphatic rings. The zero-order chi connectivity index (χ0) is 24.4. The van der Waals surface area contributed by atoms with Crippen molar-refractivity contribution in [2.24, 2.45) is 0 Å². The van der Waals surface area contributed by atoms with E-state index in [1.165, 1.54) is 37.4 Å². The molecular formula is C25H20ClN3O5. The number of pyridine rings is 1. The minimum Gasteiger partial charge on any atom is -0.507 e. The van der Waals surface area contributed by atoms with Crippen molar-refractivity contribution in [1.82, 2.24) is 4.98 Å². The van der Waals surface area contributed by atoms with Gasteiger partial charge in [0.2, 0.25) is 5.91 Å². The molecule has 1 unspecified atom stereocenters. The van der Waals surface area contributed by atoms with Gasteiger partial charge in [-0.1, -0.05) is 17.7 Å². The number of ether oxygens (including phenoxy) is 1. The van der Waals surface area contributed by atoms with E-state index in [0.29, 0.717) is 22.0 Å². The van der Waals surface area contributed by atoms with Gasteiger partial charge in [-0.15, -0.1) is 0 Å². The molecule has 1 atom stereocenters. The lowest BCUT2D eigenvalue weighted by atomic mass is 9.95. The number of aliphatic hydroxyl groups excluding tert-OH is 1. The maximum absolute atomic E-state index is 13.3. The van der Waals surface area contributed by atoms with Gasteiger partial charge in [0.25, 0.3) is 11.7 Å². The molecule has 172 valence electrons. The van der Waals surface area contributed by atoms with E-state index in [1.807, 2.05) is 0 Å². The summed E-state index contributed by atoms with van der Waals surface area (Å²) in [5.74, 6) is -2.11. The number of hydrogen-bond donors (Lipinski definition) is 2. The van der Waals surface area contributed by atoms with Crippen molar-refractivity contribution < 1.29 is 24.2 Å². The van der Waals surface area contributed by atoms with Gasteiger partial charge >= 0.3 is 0 Å². The number of carbonyl (C=O) groups excluding carboxylic acids is 3. The number of aromatic nitrogens is 1. The summed E-state index contributed by atoms with van der Waals surface area (Å²) < 4.78 is 5.34. The predicted octanol–water partition coefficient (Wildman–Crippen LogP) is 4.33. The van der Waals surface area contributed by atoms with E-state index in [1.54, 1.807) is 48.5 Å². The van der Waals surface area contributed by atoms with Crippen LogP contribution in [0.3, 0.4) is 0 Å². The van der Waals surface area contributed by atoms with Gasteiger partial charge in [0, 0.05) is 35.7 Å². The van der Waals surface area contributed by atoms with E-state index in [-0.39, 0.29) is 22.8 Å². The highest BCUT2D eigenvalue weighted by Gasteiger charge is 2.47. The van der Waals surface area contributed by atoms with Crippen molar-refractivity contribution >= 4 is 46.3 Å². The molecule has 0 saturated carbocycles. The molecule has 2 heterocycles. The van der Waals surface area contributed by atoms with E-state index < -0.39 is 23.5 Å². The number of amides is 2. The zero-order valence-electron chi connectivity index (χ0n) is 18.3. The first-order valence-electron chi connectivity index (χ1n) is 10.2. The van der Waals surface area contributed by atoms with Gasteiger partial charge in [-0.25, -0.2) is 0 Å². The van der Waals surface area contributed by atoms with Gasteiger partial charge in [0.05, 0.1) is 24.3 Å². The van der Waals surface area contributed by atoms with Crippen LogP contribution >= 0.6 is 11.6 Å². The minimum atomic E-state index is -0.959. The van der Waals surface area contributed by atoms with Gasteiger partial charge < -0.3 is 15.2 Å². The normalized spacial score (nSPS) is 17.0. The SMILES string of the molecule is COc1ccc(Cl)cc1/C(O)=C1\C(=O)C(=O)N(c2cccc(NC(C)=O)c2)C1c1ccncc1. The van der Waals surface area contributed by atoms with Gasteiger partial charge in [-0.3, -0.25) is 24.3 Å². The summed E-state index contributed by atoms with van der Waals surface area (Å²) in [5, 5.41) is 14.3. The molecule has 2 N–H and O–H groups in total. The van der Waals surface area contributed by atoms with Crippen LogP contribution in [0.15, 0.2) is 72.6 Å². The summed E-state index contributed by atoms with van der Waals surface area (Å²) >= 11 is 6.13. The third-order valence-electron chi connectivity index (χ3n) is 5.33. The Balaban J connectivity index is 1.94. The average molecular weight is 478 g/mol. The first-order chi connectivity index (χ1) is 16.3. The molecule has 34 heavy (non-hydrogen) atoms. The fourth-order valence-electron chi connectivity index (χ4n) is 3.91. The Bertz CT molecular complexity index is 1320. The number of ketones is 1. The Hall–Kier alpha value is -4.17. The molecule has 1 fully saturated rings. The number of anilines is 2. The monoisotopic (exact) mass is 477 g/mol. The van der Waals surface area contributed by atoms with Crippen LogP contribution in [0.1, 0.15) is 24.1 Å². The summed E-state index contributed by atoms with van der Waals surface area (Å²) in [6, 6.07) is 13.5. The number of methoxy groups -OCH3 is 1. The number of carbonyl (C=O) groups is 3. The fraction of sp³-hybridized carbons (Fsp3) is 0.120. The first-order valence-corrected chi connectivity index (χ1v) is 10.6. The van der Waals surface area contributed by atoms with Crippen LogP contribution < -0.4 is 15.0 Å². The molecule has 1 saturated heterocycles. The minimum absolute atomic E-state index is 0.123. The number of halogens is 1. The molecule has 9 heteroatoms. The molecule has 2 aromatic carbocycles. The molecular weight excluding hydrogens is 458 g/mol. The standard InChI is InChI=1S/C25H20ClN3O5/c1-14(30)28-17-4-3-5-18(13-17)29-22(15-8-10-27-11-9-15)21(24(32)25(29)33)23(31)19-12-16(26)6-7-20(19)34-2/h3-13,22,31H,1-2H3,(H,28,30)/b23-21+. The molecule has 8 nitrogen and oxygen atoms in total. The highest BCUT2D eigenvalue weighted by atomic mass is 35.5. The van der Waals surface area contributed by atoms with Gasteiger partial charge in [-0.05, 0) is 54.1 Å². The Morgan fingerprint density at radius 3 is 2.53 bits per heavy atom. The molecule has 3 aromatic rings. The van der Waals surface area contributed by atoms with Crippen molar-refractivity contribution in [3.05, 3.63) is 88.7 Å². The lowest BCUT2D eigenvalue weighted by Gasteiger charge is -2.26. The number of aliphatic hydroxyl groups is 1. The van der Waals surface area contributed by atoms with E-state index in [2.05, 4.69) is 10.3 Å². The number of hydrogen-bond acceptors (Lipinski definition) is 6. The van der Waals surface area contributed by atoms with Crippen molar-refractivity contribution in [3.8, 4) is 5.75 Å². The second-order valence-electron chi connectivity index (χ2n) is 7.53. The highest BCUT2D eigenvalue weighted by molar-refractivity contribution is 6.51. The van der Waals surface area contributed by atoms with Crippen LogP contribution in [0, 0.1) is 0 Å². The Labute approximate surface area is 200 Å². The molecule has 4 rings (SSSR count). The van der Waals surface area contributed by atoms with Gasteiger partial charge in [-0.2, -0.15) is 0 Å². The molecule has 1 aromatic heterocycles. The van der Waals surface area contributed by atoms with Crippen LogP contribution in [-0.4, -0.2) is 34.8 Å². The van der Waals surface area contributed by atoms with E-state index in [0.717, 1.165) is 0 Å². The van der Waals surface area contributed by atoms with Crippen LogP contribution in [0.5, 0.6) is 5.75 Å². The number of nitrogens with zero attached hydrogens (tertiary/aromatic N) is 2. The summed E-state index contributed by atoms with van der Waals surface area (Å²) in [4.78, 5) is 43.3. The van der Waals surface area contributed by atoms with Crippen molar-refractivity contribution in [2.45, 2.75) is 13.0 Å². The number of Topliss-reactive ketones (excluding diaryl/α,β-unsaturated/α-hetero) is 1. The number of benzene rings is 2. The number of nitrogens with one attached hydrogen (secondary N) is 1. The molecule has 0 spiro atoms. The maximum Gasteiger partial charge on any atom is 0.300 e. The predicted molar refractivity (Wildman–Crippen MR) is 128 cm³/mol. The Morgan fingerprint density at radius 1 is 1.12 bits per heavy atom. The number of rotatable bonds is 5. The average Bonchev–Trinajstić information content (AvgIpc) is 3.09. The largest absolute Gasteiger partial charge is 0.507 e. The Kier molecular flexibility index (Phi) is 6.34. The van der Waals surface area contributed by atoms with Crippen LogP contribution in [0.25, 0.3) is 5.76 Å². The van der Waals surface area contributed by atoms with E-state index >= 15 is 0 Å². The molecule has 0 radical (unpaired) electrons. The quantitative estimate of drug-likeness (QED) is 0.321. The summed E-state index contributed by atoms with van der Waals surface area (Å²) in [6.07, 6.45) is 3.06. The van der Waals surface area contributed by atoms with Crippen LogP contribution in [0.2, 0.25) is 5.02 Å². The molecule has 1 aliphatic heterocycles. The van der Waals surface area contributed by atoms with Crippen LogP contribution in [0.4, 0.5) is 11.4 Å². The zero-order valence-corrected chi connectivity index (χ0v) is 19.0. The summed E-state index contributed by atoms with van der Waals surface area (Å²) in [5.41, 5.74) is 1.44. The van der Waals surface area contributed by atoms with Crippen molar-refractivity contribution in [2.75, 3.05) is 17.3 Å². The lowest BCUT2D eigenvalue weighted by molar-refractivity contribution is -0.132. The topological polar surface area (TPSA) is 109 Å². The molecule has 0 aliphatic carbocycles. The van der Waals surface area contributed by atoms with Crippen molar-refractivity contribution in [3.63, 3.8) is 0 Å². The second-order valence-corrected chi connectivity index (χ2v) is 7.96. The van der Waals surface area contributed by atoms with E-state index in [4.69, 9.17) is 16.3 Å². The van der Waals surface area contributed by atoms with E-state index in [9.17, 15) is 19.5 Å². The Morgan fingerprint density at radius 2 is 1.85 bits per heavy atom.